The molecule has 0 radical (unpaired) electrons. The molecule has 1 aromatic heterocycles. The Hall–Kier alpha value is -3.95. The predicted octanol–water partition coefficient (Wildman–Crippen LogP) is 6.50. The minimum Gasteiger partial charge on any atom is -0.493 e. The van der Waals surface area contributed by atoms with Crippen LogP contribution in [0.25, 0.3) is 10.9 Å². The van der Waals surface area contributed by atoms with Gasteiger partial charge in [0.15, 0.2) is 0 Å². The number of anilines is 1. The van der Waals surface area contributed by atoms with Gasteiger partial charge in [-0.2, -0.15) is 18.4 Å². The summed E-state index contributed by atoms with van der Waals surface area (Å²) < 4.78 is 43.5. The van der Waals surface area contributed by atoms with Crippen molar-refractivity contribution in [2.45, 2.75) is 25.4 Å². The second-order valence-corrected chi connectivity index (χ2v) is 7.40. The first-order valence-electron chi connectivity index (χ1n) is 10.3. The van der Waals surface area contributed by atoms with E-state index in [-0.39, 0.29) is 21.8 Å². The van der Waals surface area contributed by atoms with Gasteiger partial charge >= 0.3 is 6.18 Å². The molecule has 0 unspecified atom stereocenters. The van der Waals surface area contributed by atoms with E-state index in [2.05, 4.69) is 28.7 Å². The first-order chi connectivity index (χ1) is 15.8. The molecule has 0 aliphatic carbocycles. The van der Waals surface area contributed by atoms with Gasteiger partial charge < -0.3 is 15.0 Å². The third-order valence-electron chi connectivity index (χ3n) is 5.03. The molecule has 5 nitrogen and oxygen atoms in total. The average Bonchev–Trinajstić information content (AvgIpc) is 3.18. The summed E-state index contributed by atoms with van der Waals surface area (Å²) in [6.07, 6.45) is -0.0388. The van der Waals surface area contributed by atoms with E-state index < -0.39 is 17.7 Å². The molecule has 2 N–H and O–H groups in total. The van der Waals surface area contributed by atoms with E-state index in [9.17, 15) is 18.0 Å². The van der Waals surface area contributed by atoms with Crippen molar-refractivity contribution in [2.75, 3.05) is 11.9 Å². The fraction of sp³-hybridized carbons (Fsp3) is 0.240. The maximum atomic E-state index is 12.6. The highest BCUT2D eigenvalue weighted by atomic mass is 19.4. The smallest absolute Gasteiger partial charge is 0.416 e. The fourth-order valence-electron chi connectivity index (χ4n) is 3.28. The van der Waals surface area contributed by atoms with Crippen molar-refractivity contribution in [3.63, 3.8) is 0 Å². The number of carbonyl (C=O) groups is 1. The van der Waals surface area contributed by atoms with E-state index >= 15 is 0 Å². The minimum absolute atomic E-state index is 0. The van der Waals surface area contributed by atoms with Gasteiger partial charge in [0.1, 0.15) is 5.75 Å². The zero-order valence-corrected chi connectivity index (χ0v) is 17.7. The maximum absolute atomic E-state index is 12.6. The number of alkyl halides is 3. The summed E-state index contributed by atoms with van der Waals surface area (Å²) in [5.41, 5.74) is 4.28. The quantitative estimate of drug-likeness (QED) is 0.360. The van der Waals surface area contributed by atoms with Crippen LogP contribution >= 0.6 is 0 Å². The number of allylic oxidation sites excluding steroid dienone is 1. The normalized spacial score (nSPS) is 11.9. The summed E-state index contributed by atoms with van der Waals surface area (Å²) in [6, 6.07) is 12.4. The van der Waals surface area contributed by atoms with Gasteiger partial charge in [-0.25, -0.2) is 0 Å². The highest BCUT2D eigenvalue weighted by molar-refractivity contribution is 6.01. The molecule has 0 bridgehead atoms. The Morgan fingerprint density at radius 1 is 1.27 bits per heavy atom. The van der Waals surface area contributed by atoms with Gasteiger partial charge in [0.25, 0.3) is 0 Å². The van der Waals surface area contributed by atoms with Gasteiger partial charge in [-0.05, 0) is 54.5 Å². The van der Waals surface area contributed by atoms with Crippen molar-refractivity contribution in [3.8, 4) is 11.8 Å². The number of aromatic nitrogens is 1. The van der Waals surface area contributed by atoms with Crippen molar-refractivity contribution in [1.82, 2.24) is 4.98 Å². The molecule has 1 atom stereocenters. The van der Waals surface area contributed by atoms with Crippen molar-refractivity contribution in [1.29, 1.82) is 5.26 Å². The minimum atomic E-state index is -4.38. The molecule has 8 heteroatoms. The van der Waals surface area contributed by atoms with E-state index in [0.717, 1.165) is 28.6 Å². The van der Waals surface area contributed by atoms with Gasteiger partial charge in [-0.3, -0.25) is 4.79 Å². The topological polar surface area (TPSA) is 77.9 Å². The molecule has 0 spiro atoms. The molecule has 33 heavy (non-hydrogen) atoms. The van der Waals surface area contributed by atoms with Crippen molar-refractivity contribution in [2.24, 2.45) is 5.92 Å². The molecule has 3 aromatic rings. The monoisotopic (exact) mass is 457 g/mol. The van der Waals surface area contributed by atoms with Crippen molar-refractivity contribution in [3.05, 3.63) is 78.2 Å². The lowest BCUT2D eigenvalue weighted by Crippen LogP contribution is -2.12. The number of H-pyrrole nitrogens is 1. The molecule has 0 fully saturated rings. The van der Waals surface area contributed by atoms with E-state index in [1.165, 1.54) is 18.2 Å². The Morgan fingerprint density at radius 2 is 2.03 bits per heavy atom. The van der Waals surface area contributed by atoms with Crippen LogP contribution in [0.1, 0.15) is 26.8 Å². The number of rotatable bonds is 9. The summed E-state index contributed by atoms with van der Waals surface area (Å²) >= 11 is 0. The van der Waals surface area contributed by atoms with Gasteiger partial charge in [0.2, 0.25) is 5.91 Å². The molecule has 3 rings (SSSR count). The lowest BCUT2D eigenvalue weighted by atomic mass is 10.0. The van der Waals surface area contributed by atoms with Gasteiger partial charge in [0.05, 0.1) is 29.8 Å². The first kappa shape index (κ1) is 23.7. The average molecular weight is 457 g/mol. The van der Waals surface area contributed by atoms with Crippen LogP contribution in [0, 0.1) is 17.2 Å². The van der Waals surface area contributed by atoms with Crippen molar-refractivity contribution >= 4 is 22.5 Å². The Labute approximate surface area is 192 Å². The number of fused-ring (bicyclic) bond motifs is 1. The molecule has 1 amide bonds. The Morgan fingerprint density at radius 3 is 2.70 bits per heavy atom. The Kier molecular flexibility index (Phi) is 7.60. The molecule has 2 aromatic carbocycles. The zero-order valence-electron chi connectivity index (χ0n) is 17.7. The summed E-state index contributed by atoms with van der Waals surface area (Å²) in [6.45, 7) is 3.73. The van der Waals surface area contributed by atoms with E-state index in [1.807, 2.05) is 18.2 Å². The molecular formula is C25H26F3N3O2. The lowest BCUT2D eigenvalue weighted by molar-refractivity contribution is -0.137. The van der Waals surface area contributed by atoms with E-state index in [1.54, 1.807) is 6.20 Å². The number of hydrogen-bond donors (Lipinski definition) is 2. The third kappa shape index (κ3) is 6.52. The number of nitrogens with one attached hydrogen (secondary N) is 2. The van der Waals surface area contributed by atoms with Crippen LogP contribution in [0.5, 0.6) is 5.75 Å². The molecule has 0 aliphatic heterocycles. The Bertz CT molecular complexity index is 1210. The van der Waals surface area contributed by atoms with Crippen molar-refractivity contribution < 1.29 is 25.6 Å². The number of nitrogens with zero attached hydrogens (tertiary/aromatic N) is 1. The number of hydrogen-bond acceptors (Lipinski definition) is 3. The van der Waals surface area contributed by atoms with E-state index in [0.29, 0.717) is 24.3 Å². The highest BCUT2D eigenvalue weighted by Crippen LogP contribution is 2.30. The van der Waals surface area contributed by atoms with Crippen LogP contribution in [-0.4, -0.2) is 17.5 Å². The zero-order chi connectivity index (χ0) is 23.8. The summed E-state index contributed by atoms with van der Waals surface area (Å²) in [5.74, 6) is -0.252. The molecular weight excluding hydrogens is 431 g/mol. The van der Waals surface area contributed by atoms with Crippen LogP contribution < -0.4 is 10.1 Å². The number of benzene rings is 2. The molecule has 0 saturated heterocycles. The maximum Gasteiger partial charge on any atom is 0.416 e. The van der Waals surface area contributed by atoms with Crippen LogP contribution in [0.2, 0.25) is 0 Å². The fourth-order valence-corrected chi connectivity index (χ4v) is 3.28. The molecule has 0 aliphatic rings. The summed E-state index contributed by atoms with van der Waals surface area (Å²) in [5, 5.41) is 12.7. The summed E-state index contributed by atoms with van der Waals surface area (Å²) in [7, 11) is 0. The number of halogens is 3. The SMILES string of the molecule is C=C=C[C@@H](C#N)CCC(=O)Nc1c[nH]c2ccc(CCOc3ccc(C(F)(F)F)cc3)cc12.[HH].[HH]. The predicted molar refractivity (Wildman–Crippen MR) is 124 cm³/mol. The first-order valence-corrected chi connectivity index (χ1v) is 10.3. The highest BCUT2D eigenvalue weighted by Gasteiger charge is 2.30. The van der Waals surface area contributed by atoms with E-state index in [4.69, 9.17) is 10.00 Å². The standard InChI is InChI=1S/C25H22F3N3O2.2H2/c1-2-3-18(15-29)5-11-24(32)31-23-16-30-22-10-4-17(14-21(22)23)12-13-33-20-8-6-19(7-9-20)25(26,27)28;;/h3-4,6-10,14,16,18,30H,1,5,11-13H2,(H,31,32);2*1H/t18-;;/m1../s1. The van der Waals surface area contributed by atoms with Crippen LogP contribution in [0.4, 0.5) is 18.9 Å². The summed E-state index contributed by atoms with van der Waals surface area (Å²) in [4.78, 5) is 15.4. The number of ether oxygens (including phenoxy) is 1. The molecule has 0 saturated carbocycles. The third-order valence-corrected chi connectivity index (χ3v) is 5.03. The lowest BCUT2D eigenvalue weighted by Gasteiger charge is -2.10. The molecule has 174 valence electrons. The van der Waals surface area contributed by atoms with Crippen LogP contribution in [0.15, 0.2) is 67.0 Å². The van der Waals surface area contributed by atoms with Gasteiger partial charge in [-0.15, -0.1) is 5.73 Å². The van der Waals surface area contributed by atoms with Crippen LogP contribution in [0.3, 0.4) is 0 Å². The van der Waals surface area contributed by atoms with Gasteiger partial charge in [-0.1, -0.05) is 12.6 Å². The number of nitriles is 1. The largest absolute Gasteiger partial charge is 0.493 e. The number of carbonyl (C=O) groups excluding carboxylic acids is 1. The number of aromatic amines is 1. The van der Waals surface area contributed by atoms with Gasteiger partial charge in [0, 0.05) is 32.8 Å². The van der Waals surface area contributed by atoms with Crippen LogP contribution in [-0.2, 0) is 17.4 Å². The Balaban J connectivity index is 0.00000306. The number of amides is 1. The second kappa shape index (κ2) is 10.6. The molecule has 1 heterocycles. The second-order valence-electron chi connectivity index (χ2n) is 7.40.